The third-order valence-corrected chi connectivity index (χ3v) is 7.16. The number of rotatable bonds is 5. The Morgan fingerprint density at radius 3 is 1.88 bits per heavy atom. The lowest BCUT2D eigenvalue weighted by Crippen LogP contribution is -2.33. The molecule has 1 atom stereocenters. The normalized spacial score (nSPS) is 15.6. The average molecular weight is 254 g/mol. The molecule has 0 aliphatic carbocycles. The minimum absolute atomic E-state index is 0.244. The van der Waals surface area contributed by atoms with E-state index in [1.807, 2.05) is 0 Å². The highest BCUT2D eigenvalue weighted by atomic mass is 31.2. The Labute approximate surface area is 106 Å². The molecule has 0 saturated heterocycles. The van der Waals surface area contributed by atoms with Gasteiger partial charge in [0, 0.05) is 14.1 Å². The van der Waals surface area contributed by atoms with Gasteiger partial charge in [-0.1, -0.05) is 18.2 Å². The maximum atomic E-state index is 6.38. The number of benzene rings is 1. The van der Waals surface area contributed by atoms with E-state index >= 15 is 0 Å². The predicted molar refractivity (Wildman–Crippen MR) is 78.0 cm³/mol. The molecule has 3 heteroatoms. The number of nitrogens with zero attached hydrogens (tertiary/aromatic N) is 1. The first-order valence-electron chi connectivity index (χ1n) is 6.21. The Morgan fingerprint density at radius 2 is 1.53 bits per heavy atom. The van der Waals surface area contributed by atoms with Crippen LogP contribution in [0.25, 0.3) is 0 Å². The van der Waals surface area contributed by atoms with Gasteiger partial charge in [0.25, 0.3) is 0 Å². The molecule has 0 aliphatic heterocycles. The molecule has 0 fully saturated rings. The second-order valence-corrected chi connectivity index (χ2v) is 8.86. The zero-order valence-corrected chi connectivity index (χ0v) is 12.7. The van der Waals surface area contributed by atoms with Gasteiger partial charge in [-0.3, -0.25) is 0 Å². The minimum atomic E-state index is -1.72. The van der Waals surface area contributed by atoms with E-state index in [4.69, 9.17) is 4.52 Å². The highest BCUT2D eigenvalue weighted by Crippen LogP contribution is 2.64. The van der Waals surface area contributed by atoms with Crippen molar-refractivity contribution in [2.45, 2.75) is 39.5 Å². The van der Waals surface area contributed by atoms with Crippen LogP contribution in [0.3, 0.4) is 0 Å². The molecule has 1 unspecified atom stereocenters. The molecule has 0 aromatic heterocycles. The van der Waals surface area contributed by atoms with Crippen LogP contribution in [0.1, 0.15) is 27.7 Å². The molecule has 0 saturated carbocycles. The summed E-state index contributed by atoms with van der Waals surface area (Å²) in [6.45, 7) is 8.74. The molecule has 2 nitrogen and oxygen atoms in total. The summed E-state index contributed by atoms with van der Waals surface area (Å²) in [4.78, 5) is 0. The molecular formula is C14H25NOP+. The Kier molecular flexibility index (Phi) is 5.12. The highest BCUT2D eigenvalue weighted by molar-refractivity contribution is 7.77. The van der Waals surface area contributed by atoms with Crippen LogP contribution in [0.2, 0.25) is 0 Å². The lowest BCUT2D eigenvalue weighted by Gasteiger charge is -2.34. The lowest BCUT2D eigenvalue weighted by atomic mass is 10.4. The fraction of sp³-hybridized carbons (Fsp3) is 0.571. The van der Waals surface area contributed by atoms with Crippen molar-refractivity contribution in [3.05, 3.63) is 30.3 Å². The summed E-state index contributed by atoms with van der Waals surface area (Å²) in [5, 5.41) is 1.33. The molecule has 0 aliphatic rings. The molecular weight excluding hydrogens is 229 g/mol. The lowest BCUT2D eigenvalue weighted by molar-refractivity contribution is 0.242. The molecule has 17 heavy (non-hydrogen) atoms. The van der Waals surface area contributed by atoms with Gasteiger partial charge in [-0.15, -0.1) is 0 Å². The van der Waals surface area contributed by atoms with Crippen molar-refractivity contribution in [2.75, 3.05) is 14.1 Å². The van der Waals surface area contributed by atoms with Crippen molar-refractivity contribution in [1.82, 2.24) is 4.67 Å². The van der Waals surface area contributed by atoms with Crippen LogP contribution < -0.4 is 5.30 Å². The van der Waals surface area contributed by atoms with Crippen LogP contribution in [0.15, 0.2) is 30.3 Å². The SMILES string of the molecule is CC(C)O[P+](c1ccccc1)(C(C)C)N(C)C. The highest BCUT2D eigenvalue weighted by Gasteiger charge is 2.50. The minimum Gasteiger partial charge on any atom is -0.211 e. The molecule has 0 bridgehead atoms. The van der Waals surface area contributed by atoms with E-state index in [0.717, 1.165) is 0 Å². The van der Waals surface area contributed by atoms with Crippen molar-refractivity contribution in [2.24, 2.45) is 0 Å². The van der Waals surface area contributed by atoms with Crippen LogP contribution in [-0.2, 0) is 4.52 Å². The summed E-state index contributed by atoms with van der Waals surface area (Å²) in [7, 11) is 2.54. The molecule has 1 aromatic rings. The summed E-state index contributed by atoms with van der Waals surface area (Å²) < 4.78 is 8.67. The fourth-order valence-electron chi connectivity index (χ4n) is 2.23. The van der Waals surface area contributed by atoms with Crippen molar-refractivity contribution in [1.29, 1.82) is 0 Å². The fourth-order valence-corrected chi connectivity index (χ4v) is 6.01. The first-order chi connectivity index (χ1) is 7.91. The monoisotopic (exact) mass is 254 g/mol. The first kappa shape index (κ1) is 14.6. The van der Waals surface area contributed by atoms with Crippen molar-refractivity contribution >= 4 is 12.9 Å². The summed E-state index contributed by atoms with van der Waals surface area (Å²) in [6, 6.07) is 10.6. The second-order valence-electron chi connectivity index (χ2n) is 5.05. The van der Waals surface area contributed by atoms with E-state index in [-0.39, 0.29) is 6.10 Å². The van der Waals surface area contributed by atoms with E-state index < -0.39 is 7.64 Å². The van der Waals surface area contributed by atoms with E-state index in [1.165, 1.54) is 5.30 Å². The third-order valence-electron chi connectivity index (χ3n) is 2.79. The van der Waals surface area contributed by atoms with Gasteiger partial charge in [-0.05, 0) is 39.8 Å². The summed E-state index contributed by atoms with van der Waals surface area (Å²) >= 11 is 0. The smallest absolute Gasteiger partial charge is 0.211 e. The van der Waals surface area contributed by atoms with Crippen molar-refractivity contribution in [3.8, 4) is 0 Å². The van der Waals surface area contributed by atoms with Crippen LogP contribution >= 0.6 is 7.64 Å². The van der Waals surface area contributed by atoms with E-state index in [0.29, 0.717) is 5.66 Å². The topological polar surface area (TPSA) is 12.5 Å². The number of hydrogen-bond donors (Lipinski definition) is 0. The zero-order chi connectivity index (χ0) is 13.1. The Balaban J connectivity index is 3.25. The molecule has 0 amide bonds. The summed E-state index contributed by atoms with van der Waals surface area (Å²) in [5.41, 5.74) is 0.488. The van der Waals surface area contributed by atoms with Crippen LogP contribution in [0.4, 0.5) is 0 Å². The Bertz CT molecular complexity index is 327. The largest absolute Gasteiger partial charge is 0.250 e. The standard InChI is InChI=1S/C14H25NOP/c1-12(2)16-17(13(3)4,15(5)6)14-10-8-7-9-11-14/h7-13H,1-6H3/q+1. The van der Waals surface area contributed by atoms with Gasteiger partial charge in [0.2, 0.25) is 7.64 Å². The van der Waals surface area contributed by atoms with Gasteiger partial charge in [0.1, 0.15) is 11.0 Å². The van der Waals surface area contributed by atoms with E-state index in [1.54, 1.807) is 0 Å². The van der Waals surface area contributed by atoms with Gasteiger partial charge in [0.15, 0.2) is 0 Å². The Hall–Kier alpha value is -0.430. The molecule has 1 aromatic carbocycles. The van der Waals surface area contributed by atoms with Gasteiger partial charge >= 0.3 is 0 Å². The molecule has 0 heterocycles. The third kappa shape index (κ3) is 3.07. The summed E-state index contributed by atoms with van der Waals surface area (Å²) in [6.07, 6.45) is 0.244. The van der Waals surface area contributed by atoms with Gasteiger partial charge < -0.3 is 0 Å². The molecule has 0 spiro atoms. The van der Waals surface area contributed by atoms with Crippen molar-refractivity contribution in [3.63, 3.8) is 0 Å². The van der Waals surface area contributed by atoms with Gasteiger partial charge in [-0.25, -0.2) is 4.52 Å². The maximum absolute atomic E-state index is 6.38. The maximum Gasteiger partial charge on any atom is 0.250 e. The van der Waals surface area contributed by atoms with Crippen molar-refractivity contribution < 1.29 is 4.52 Å². The quantitative estimate of drug-likeness (QED) is 0.745. The molecule has 96 valence electrons. The Morgan fingerprint density at radius 1 is 1.00 bits per heavy atom. The van der Waals surface area contributed by atoms with E-state index in [9.17, 15) is 0 Å². The summed E-state index contributed by atoms with van der Waals surface area (Å²) in [5.74, 6) is 0. The number of hydrogen-bond acceptors (Lipinski definition) is 2. The van der Waals surface area contributed by atoms with Crippen LogP contribution in [0.5, 0.6) is 0 Å². The molecule has 0 N–H and O–H groups in total. The zero-order valence-electron chi connectivity index (χ0n) is 11.8. The first-order valence-corrected chi connectivity index (χ1v) is 7.94. The van der Waals surface area contributed by atoms with Gasteiger partial charge in [-0.2, -0.15) is 4.67 Å². The molecule has 1 rings (SSSR count). The average Bonchev–Trinajstić information content (AvgIpc) is 2.25. The van der Waals surface area contributed by atoms with Crippen LogP contribution in [0, 0.1) is 0 Å². The second kappa shape index (κ2) is 5.95. The van der Waals surface area contributed by atoms with E-state index in [2.05, 4.69) is 76.8 Å². The van der Waals surface area contributed by atoms with Gasteiger partial charge in [0.05, 0.1) is 6.10 Å². The molecule has 0 radical (unpaired) electrons. The predicted octanol–water partition coefficient (Wildman–Crippen LogP) is 3.55. The van der Waals surface area contributed by atoms with Crippen LogP contribution in [-0.4, -0.2) is 30.5 Å².